The summed E-state index contributed by atoms with van der Waals surface area (Å²) in [6.45, 7) is 12.9. The molecule has 1 N–H and O–H groups in total. The van der Waals surface area contributed by atoms with Crippen molar-refractivity contribution in [2.24, 2.45) is 11.3 Å². The summed E-state index contributed by atoms with van der Waals surface area (Å²) < 4.78 is 0. The molecule has 3 nitrogen and oxygen atoms in total. The van der Waals surface area contributed by atoms with Crippen molar-refractivity contribution >= 4 is 0 Å². The van der Waals surface area contributed by atoms with Gasteiger partial charge in [-0.2, -0.15) is 0 Å². The number of hydrogen-bond acceptors (Lipinski definition) is 3. The van der Waals surface area contributed by atoms with Crippen LogP contribution in [0.1, 0.15) is 39.2 Å². The first-order valence-corrected chi connectivity index (χ1v) is 5.89. The Morgan fingerprint density at radius 2 is 2.06 bits per heavy atom. The molecule has 1 aromatic rings. The van der Waals surface area contributed by atoms with Gasteiger partial charge in [-0.15, -0.1) is 0 Å². The van der Waals surface area contributed by atoms with E-state index in [0.29, 0.717) is 11.3 Å². The minimum absolute atomic E-state index is 0.356. The second-order valence-corrected chi connectivity index (χ2v) is 5.49. The van der Waals surface area contributed by atoms with Crippen LogP contribution >= 0.6 is 0 Å². The summed E-state index contributed by atoms with van der Waals surface area (Å²) in [4.78, 5) is 8.44. The Balaban J connectivity index is 2.36. The molecule has 1 atom stereocenters. The van der Waals surface area contributed by atoms with E-state index in [0.717, 1.165) is 24.6 Å². The normalized spacial score (nSPS) is 13.8. The zero-order valence-electron chi connectivity index (χ0n) is 11.0. The number of aromatic nitrogens is 2. The van der Waals surface area contributed by atoms with Crippen LogP contribution < -0.4 is 5.32 Å². The minimum atomic E-state index is 0.356. The second-order valence-electron chi connectivity index (χ2n) is 5.49. The quantitative estimate of drug-likeness (QED) is 0.849. The Bertz CT molecular complexity index is 328. The molecule has 0 amide bonds. The summed E-state index contributed by atoms with van der Waals surface area (Å²) in [5.41, 5.74) is 1.42. The topological polar surface area (TPSA) is 37.8 Å². The maximum absolute atomic E-state index is 4.36. The Morgan fingerprint density at radius 3 is 2.62 bits per heavy atom. The molecule has 0 aliphatic carbocycles. The van der Waals surface area contributed by atoms with Crippen molar-refractivity contribution in [2.75, 3.05) is 6.54 Å². The fraction of sp³-hybridized carbons (Fsp3) is 0.692. The van der Waals surface area contributed by atoms with Gasteiger partial charge < -0.3 is 5.32 Å². The van der Waals surface area contributed by atoms with Crippen LogP contribution in [0.3, 0.4) is 0 Å². The fourth-order valence-electron chi connectivity index (χ4n) is 1.33. The summed E-state index contributed by atoms with van der Waals surface area (Å²) in [6.07, 6.45) is 1.81. The molecule has 0 spiro atoms. The maximum atomic E-state index is 4.36. The lowest BCUT2D eigenvalue weighted by atomic mass is 9.82. The van der Waals surface area contributed by atoms with Crippen LogP contribution in [0.25, 0.3) is 0 Å². The summed E-state index contributed by atoms with van der Waals surface area (Å²) in [5, 5.41) is 3.44. The van der Waals surface area contributed by atoms with Crippen LogP contribution in [0, 0.1) is 18.3 Å². The molecule has 0 bridgehead atoms. The maximum Gasteiger partial charge on any atom is 0.125 e. The van der Waals surface area contributed by atoms with E-state index in [4.69, 9.17) is 0 Å². The van der Waals surface area contributed by atoms with Gasteiger partial charge in [0.2, 0.25) is 0 Å². The molecule has 0 saturated heterocycles. The average Bonchev–Trinajstić information content (AvgIpc) is 2.16. The molecule has 0 aliphatic rings. The third-order valence-corrected chi connectivity index (χ3v) is 3.07. The molecule has 0 aliphatic heterocycles. The first-order chi connectivity index (χ1) is 7.39. The van der Waals surface area contributed by atoms with E-state index >= 15 is 0 Å². The zero-order chi connectivity index (χ0) is 12.2. The van der Waals surface area contributed by atoms with E-state index in [-0.39, 0.29) is 0 Å². The van der Waals surface area contributed by atoms with Crippen molar-refractivity contribution in [1.29, 1.82) is 0 Å². The third-order valence-electron chi connectivity index (χ3n) is 3.07. The minimum Gasteiger partial charge on any atom is -0.311 e. The molecule has 0 aromatic carbocycles. The van der Waals surface area contributed by atoms with Gasteiger partial charge in [0.05, 0.1) is 5.69 Å². The van der Waals surface area contributed by atoms with Crippen LogP contribution in [0.5, 0.6) is 0 Å². The van der Waals surface area contributed by atoms with Crippen molar-refractivity contribution in [3.05, 3.63) is 23.8 Å². The molecule has 90 valence electrons. The molecule has 16 heavy (non-hydrogen) atoms. The van der Waals surface area contributed by atoms with Crippen LogP contribution in [-0.4, -0.2) is 16.5 Å². The summed E-state index contributed by atoms with van der Waals surface area (Å²) in [5.74, 6) is 1.48. The number of aryl methyl sites for hydroxylation is 1. The molecule has 1 rings (SSSR count). The Morgan fingerprint density at radius 1 is 1.38 bits per heavy atom. The number of hydrogen-bond donors (Lipinski definition) is 1. The van der Waals surface area contributed by atoms with E-state index in [1.54, 1.807) is 0 Å². The molecule has 1 heterocycles. The Labute approximate surface area is 98.7 Å². The van der Waals surface area contributed by atoms with Gasteiger partial charge in [-0.05, 0) is 30.9 Å². The Kier molecular flexibility index (Phi) is 4.42. The van der Waals surface area contributed by atoms with Crippen molar-refractivity contribution in [3.63, 3.8) is 0 Å². The highest BCUT2D eigenvalue weighted by Gasteiger charge is 2.19. The first-order valence-electron chi connectivity index (χ1n) is 5.89. The van der Waals surface area contributed by atoms with Crippen LogP contribution in [0.15, 0.2) is 12.3 Å². The van der Waals surface area contributed by atoms with Crippen LogP contribution in [-0.2, 0) is 6.54 Å². The molecular weight excluding hydrogens is 198 g/mol. The molecule has 0 saturated carbocycles. The highest BCUT2D eigenvalue weighted by molar-refractivity contribution is 5.01. The standard InChI is InChI=1S/C13H23N3/c1-10(13(3,4)5)8-14-9-12-6-7-15-11(2)16-12/h6-7,10,14H,8-9H2,1-5H3. The SMILES string of the molecule is Cc1nccc(CNCC(C)C(C)(C)C)n1. The van der Waals surface area contributed by atoms with Gasteiger partial charge in [0.1, 0.15) is 5.82 Å². The van der Waals surface area contributed by atoms with Crippen molar-refractivity contribution in [2.45, 2.75) is 41.2 Å². The van der Waals surface area contributed by atoms with E-state index in [1.165, 1.54) is 0 Å². The second kappa shape index (κ2) is 5.39. The smallest absolute Gasteiger partial charge is 0.125 e. The predicted octanol–water partition coefficient (Wildman–Crippen LogP) is 2.56. The van der Waals surface area contributed by atoms with Gasteiger partial charge >= 0.3 is 0 Å². The lowest BCUT2D eigenvalue weighted by Crippen LogP contribution is -2.29. The fourth-order valence-corrected chi connectivity index (χ4v) is 1.33. The number of rotatable bonds is 4. The highest BCUT2D eigenvalue weighted by Crippen LogP contribution is 2.24. The zero-order valence-corrected chi connectivity index (χ0v) is 11.0. The lowest BCUT2D eigenvalue weighted by Gasteiger charge is -2.27. The highest BCUT2D eigenvalue weighted by atomic mass is 14.9. The lowest BCUT2D eigenvalue weighted by molar-refractivity contribution is 0.252. The molecule has 0 radical (unpaired) electrons. The van der Waals surface area contributed by atoms with Crippen molar-refractivity contribution < 1.29 is 0 Å². The summed E-state index contributed by atoms with van der Waals surface area (Å²) in [7, 11) is 0. The van der Waals surface area contributed by atoms with Crippen LogP contribution in [0.4, 0.5) is 0 Å². The molecule has 1 aromatic heterocycles. The van der Waals surface area contributed by atoms with Crippen LogP contribution in [0.2, 0.25) is 0 Å². The van der Waals surface area contributed by atoms with Gasteiger partial charge in [0, 0.05) is 12.7 Å². The van der Waals surface area contributed by atoms with Crippen molar-refractivity contribution in [3.8, 4) is 0 Å². The number of nitrogens with zero attached hydrogens (tertiary/aromatic N) is 2. The number of nitrogens with one attached hydrogen (secondary N) is 1. The van der Waals surface area contributed by atoms with E-state index in [9.17, 15) is 0 Å². The first kappa shape index (κ1) is 13.1. The monoisotopic (exact) mass is 221 g/mol. The van der Waals surface area contributed by atoms with Gasteiger partial charge in [-0.3, -0.25) is 0 Å². The largest absolute Gasteiger partial charge is 0.311 e. The van der Waals surface area contributed by atoms with Crippen molar-refractivity contribution in [1.82, 2.24) is 15.3 Å². The Hall–Kier alpha value is -0.960. The van der Waals surface area contributed by atoms with Gasteiger partial charge in [0.15, 0.2) is 0 Å². The molecule has 0 fully saturated rings. The van der Waals surface area contributed by atoms with Gasteiger partial charge in [-0.1, -0.05) is 27.7 Å². The van der Waals surface area contributed by atoms with E-state index in [1.807, 2.05) is 19.2 Å². The summed E-state index contributed by atoms with van der Waals surface area (Å²) >= 11 is 0. The van der Waals surface area contributed by atoms with E-state index in [2.05, 4.69) is 43.0 Å². The predicted molar refractivity (Wildman–Crippen MR) is 67.1 cm³/mol. The third kappa shape index (κ3) is 4.27. The molecular formula is C13H23N3. The van der Waals surface area contributed by atoms with Gasteiger partial charge in [-0.25, -0.2) is 9.97 Å². The summed E-state index contributed by atoms with van der Waals surface area (Å²) in [6, 6.07) is 1.96. The van der Waals surface area contributed by atoms with Gasteiger partial charge in [0.25, 0.3) is 0 Å². The molecule has 1 unspecified atom stereocenters. The van der Waals surface area contributed by atoms with E-state index < -0.39 is 0 Å². The average molecular weight is 221 g/mol. The molecule has 3 heteroatoms.